The molecule has 1 atom stereocenters. The molecule has 1 rings (SSSR count). The number of para-hydroxylation sites is 1. The number of hydrogen-bond donors (Lipinski definition) is 1. The smallest absolute Gasteiger partial charge is 0.224 e. The number of carbonyl (C=O) groups excluding carboxylic acids is 1. The normalized spacial score (nSPS) is 11.7. The lowest BCUT2D eigenvalue weighted by atomic mass is 9.99. The van der Waals surface area contributed by atoms with Crippen LogP contribution in [0.15, 0.2) is 42.0 Å². The van der Waals surface area contributed by atoms with Crippen LogP contribution in [0.2, 0.25) is 0 Å². The van der Waals surface area contributed by atoms with E-state index >= 15 is 0 Å². The second kappa shape index (κ2) is 8.52. The van der Waals surface area contributed by atoms with Gasteiger partial charge in [-0.3, -0.25) is 4.79 Å². The van der Waals surface area contributed by atoms with E-state index in [-0.39, 0.29) is 5.91 Å². The van der Waals surface area contributed by atoms with Gasteiger partial charge in [0.15, 0.2) is 0 Å². The molecule has 0 aromatic heterocycles. The van der Waals surface area contributed by atoms with Crippen LogP contribution in [-0.4, -0.2) is 5.91 Å². The Labute approximate surface area is 116 Å². The van der Waals surface area contributed by atoms with Gasteiger partial charge in [-0.2, -0.15) is 0 Å². The van der Waals surface area contributed by atoms with E-state index in [4.69, 9.17) is 0 Å². The first kappa shape index (κ1) is 15.5. The first-order chi connectivity index (χ1) is 9.08. The van der Waals surface area contributed by atoms with Crippen LogP contribution in [0.1, 0.15) is 46.5 Å². The van der Waals surface area contributed by atoms with Crippen molar-refractivity contribution in [1.29, 1.82) is 0 Å². The molecular formula is C17H25NO. The van der Waals surface area contributed by atoms with Gasteiger partial charge in [-0.15, -0.1) is 0 Å². The van der Waals surface area contributed by atoms with Crippen molar-refractivity contribution in [2.24, 2.45) is 5.92 Å². The maximum Gasteiger partial charge on any atom is 0.224 e. The summed E-state index contributed by atoms with van der Waals surface area (Å²) < 4.78 is 0. The fraction of sp³-hybridized carbons (Fsp3) is 0.471. The fourth-order valence-electron chi connectivity index (χ4n) is 1.92. The van der Waals surface area contributed by atoms with Gasteiger partial charge in [0, 0.05) is 12.1 Å². The number of rotatable bonds is 7. The number of allylic oxidation sites excluding steroid dienone is 2. The molecule has 1 aromatic rings. The third kappa shape index (κ3) is 7.45. The van der Waals surface area contributed by atoms with Crippen molar-refractivity contribution < 1.29 is 4.79 Å². The lowest BCUT2D eigenvalue weighted by Crippen LogP contribution is -2.12. The molecule has 0 aliphatic heterocycles. The Kier molecular flexibility index (Phi) is 6.94. The molecule has 1 unspecified atom stereocenters. The second-order valence-corrected chi connectivity index (χ2v) is 5.42. The summed E-state index contributed by atoms with van der Waals surface area (Å²) in [5.41, 5.74) is 2.25. The minimum absolute atomic E-state index is 0.111. The van der Waals surface area contributed by atoms with E-state index in [0.717, 1.165) is 24.9 Å². The van der Waals surface area contributed by atoms with Crippen LogP contribution in [0, 0.1) is 5.92 Å². The SMILES string of the molecule is CC(C)=CCCC(C)CCC(=O)Nc1ccccc1. The molecule has 1 amide bonds. The van der Waals surface area contributed by atoms with Crippen molar-refractivity contribution in [3.63, 3.8) is 0 Å². The Morgan fingerprint density at radius 1 is 1.21 bits per heavy atom. The number of anilines is 1. The molecule has 2 nitrogen and oxygen atoms in total. The molecule has 19 heavy (non-hydrogen) atoms. The molecule has 2 heteroatoms. The summed E-state index contributed by atoms with van der Waals surface area (Å²) in [5, 5.41) is 2.92. The highest BCUT2D eigenvalue weighted by Gasteiger charge is 2.06. The Morgan fingerprint density at radius 3 is 2.53 bits per heavy atom. The number of benzene rings is 1. The Hall–Kier alpha value is -1.57. The van der Waals surface area contributed by atoms with Gasteiger partial charge in [-0.1, -0.05) is 36.8 Å². The number of nitrogens with one attached hydrogen (secondary N) is 1. The van der Waals surface area contributed by atoms with Gasteiger partial charge >= 0.3 is 0 Å². The van der Waals surface area contributed by atoms with Crippen molar-refractivity contribution >= 4 is 11.6 Å². The zero-order valence-electron chi connectivity index (χ0n) is 12.3. The molecular weight excluding hydrogens is 234 g/mol. The fourth-order valence-corrected chi connectivity index (χ4v) is 1.92. The van der Waals surface area contributed by atoms with Gasteiger partial charge in [0.2, 0.25) is 5.91 Å². The summed E-state index contributed by atoms with van der Waals surface area (Å²) in [4.78, 5) is 11.8. The summed E-state index contributed by atoms with van der Waals surface area (Å²) in [6.07, 6.45) is 6.09. The second-order valence-electron chi connectivity index (χ2n) is 5.42. The van der Waals surface area contributed by atoms with E-state index in [1.54, 1.807) is 0 Å². The average Bonchev–Trinajstić information content (AvgIpc) is 2.37. The van der Waals surface area contributed by atoms with E-state index in [9.17, 15) is 4.79 Å². The predicted molar refractivity (Wildman–Crippen MR) is 82.1 cm³/mol. The monoisotopic (exact) mass is 259 g/mol. The maximum absolute atomic E-state index is 11.8. The number of amides is 1. The largest absolute Gasteiger partial charge is 0.326 e. The minimum atomic E-state index is 0.111. The molecule has 0 fully saturated rings. The predicted octanol–water partition coefficient (Wildman–Crippen LogP) is 4.79. The molecule has 104 valence electrons. The highest BCUT2D eigenvalue weighted by Crippen LogP contribution is 2.15. The van der Waals surface area contributed by atoms with Crippen molar-refractivity contribution in [2.45, 2.75) is 46.5 Å². The van der Waals surface area contributed by atoms with Crippen molar-refractivity contribution in [1.82, 2.24) is 0 Å². The highest BCUT2D eigenvalue weighted by molar-refractivity contribution is 5.90. The maximum atomic E-state index is 11.8. The van der Waals surface area contributed by atoms with E-state index < -0.39 is 0 Å². The zero-order chi connectivity index (χ0) is 14.1. The summed E-state index contributed by atoms with van der Waals surface area (Å²) in [5.74, 6) is 0.706. The van der Waals surface area contributed by atoms with Crippen LogP contribution in [0.25, 0.3) is 0 Å². The van der Waals surface area contributed by atoms with Gasteiger partial charge in [0.1, 0.15) is 0 Å². The van der Waals surface area contributed by atoms with Crippen molar-refractivity contribution in [3.05, 3.63) is 42.0 Å². The molecule has 0 aliphatic carbocycles. The van der Waals surface area contributed by atoms with Crippen molar-refractivity contribution in [3.8, 4) is 0 Å². The van der Waals surface area contributed by atoms with Crippen LogP contribution < -0.4 is 5.32 Å². The van der Waals surface area contributed by atoms with Gasteiger partial charge < -0.3 is 5.32 Å². The first-order valence-corrected chi connectivity index (χ1v) is 7.06. The third-order valence-electron chi connectivity index (χ3n) is 3.13. The lowest BCUT2D eigenvalue weighted by molar-refractivity contribution is -0.116. The summed E-state index contributed by atoms with van der Waals surface area (Å²) >= 11 is 0. The zero-order valence-corrected chi connectivity index (χ0v) is 12.3. The van der Waals surface area contributed by atoms with Gasteiger partial charge in [-0.25, -0.2) is 0 Å². The Bertz CT molecular complexity index is 405. The van der Waals surface area contributed by atoms with Crippen LogP contribution in [0.5, 0.6) is 0 Å². The van der Waals surface area contributed by atoms with E-state index in [1.165, 1.54) is 5.57 Å². The van der Waals surface area contributed by atoms with E-state index in [1.807, 2.05) is 30.3 Å². The lowest BCUT2D eigenvalue weighted by Gasteiger charge is -2.10. The van der Waals surface area contributed by atoms with E-state index in [0.29, 0.717) is 12.3 Å². The molecule has 1 aromatic carbocycles. The van der Waals surface area contributed by atoms with E-state index in [2.05, 4.69) is 32.2 Å². The number of carbonyl (C=O) groups is 1. The van der Waals surface area contributed by atoms with Gasteiger partial charge in [0.05, 0.1) is 0 Å². The Morgan fingerprint density at radius 2 is 1.89 bits per heavy atom. The molecule has 0 aliphatic rings. The molecule has 0 heterocycles. The number of hydrogen-bond acceptors (Lipinski definition) is 1. The molecule has 0 radical (unpaired) electrons. The van der Waals surface area contributed by atoms with Gasteiger partial charge in [0.25, 0.3) is 0 Å². The molecule has 1 N–H and O–H groups in total. The first-order valence-electron chi connectivity index (χ1n) is 7.06. The molecule has 0 saturated carbocycles. The van der Waals surface area contributed by atoms with Gasteiger partial charge in [-0.05, 0) is 51.2 Å². The van der Waals surface area contributed by atoms with Crippen LogP contribution in [-0.2, 0) is 4.79 Å². The average molecular weight is 259 g/mol. The topological polar surface area (TPSA) is 29.1 Å². The summed E-state index contributed by atoms with van der Waals surface area (Å²) in [7, 11) is 0. The molecule has 0 saturated heterocycles. The Balaban J connectivity index is 2.21. The molecule has 0 bridgehead atoms. The summed E-state index contributed by atoms with van der Waals surface area (Å²) in [6.45, 7) is 6.46. The summed E-state index contributed by atoms with van der Waals surface area (Å²) in [6, 6.07) is 9.63. The van der Waals surface area contributed by atoms with Crippen LogP contribution in [0.4, 0.5) is 5.69 Å². The standard InChI is InChI=1S/C17H25NO/c1-14(2)8-7-9-15(3)12-13-17(19)18-16-10-5-4-6-11-16/h4-6,8,10-11,15H,7,9,12-13H2,1-3H3,(H,18,19). The minimum Gasteiger partial charge on any atom is -0.326 e. The van der Waals surface area contributed by atoms with Crippen LogP contribution in [0.3, 0.4) is 0 Å². The van der Waals surface area contributed by atoms with Crippen LogP contribution >= 0.6 is 0 Å². The third-order valence-corrected chi connectivity index (χ3v) is 3.13. The highest BCUT2D eigenvalue weighted by atomic mass is 16.1. The van der Waals surface area contributed by atoms with Crippen molar-refractivity contribution in [2.75, 3.05) is 5.32 Å². The molecule has 0 spiro atoms. The quantitative estimate of drug-likeness (QED) is 0.701.